The van der Waals surface area contributed by atoms with Crippen molar-refractivity contribution in [2.75, 3.05) is 47.5 Å². The van der Waals surface area contributed by atoms with Gasteiger partial charge in [-0.05, 0) is 38.5 Å². The second kappa shape index (κ2) is 31.9. The summed E-state index contributed by atoms with van der Waals surface area (Å²) in [7, 11) is 1.43. The van der Waals surface area contributed by atoms with Crippen LogP contribution in [0.3, 0.4) is 0 Å². The predicted octanol–water partition coefficient (Wildman–Crippen LogP) is 9.96. The minimum absolute atomic E-state index is 0.0185. The van der Waals surface area contributed by atoms with E-state index in [0.717, 1.165) is 44.9 Å². The number of carbonyl (C=O) groups excluding carboxylic acids is 2. The molecule has 10 heteroatoms. The van der Waals surface area contributed by atoms with Crippen LogP contribution >= 0.6 is 7.82 Å². The lowest BCUT2D eigenvalue weighted by Crippen LogP contribution is -2.37. The van der Waals surface area contributed by atoms with Crippen molar-refractivity contribution < 1.29 is 42.1 Å². The molecule has 0 aliphatic heterocycles. The maximum atomic E-state index is 12.6. The van der Waals surface area contributed by atoms with Crippen LogP contribution in [0.25, 0.3) is 0 Å². The fourth-order valence-corrected chi connectivity index (χ4v) is 5.41. The second-order valence-corrected chi connectivity index (χ2v) is 15.0. The van der Waals surface area contributed by atoms with Crippen molar-refractivity contribution in [3.8, 4) is 0 Å². The number of ether oxygens (including phenoxy) is 2. The molecule has 49 heavy (non-hydrogen) atoms. The largest absolute Gasteiger partial charge is 0.472 e. The quantitative estimate of drug-likeness (QED) is 0.0236. The summed E-state index contributed by atoms with van der Waals surface area (Å²) in [6.07, 6.45) is 34.6. The van der Waals surface area contributed by atoms with Gasteiger partial charge in [-0.1, -0.05) is 133 Å². The third kappa shape index (κ3) is 35.6. The zero-order valence-electron chi connectivity index (χ0n) is 31.7. The fourth-order valence-electron chi connectivity index (χ4n) is 4.67. The lowest BCUT2D eigenvalue weighted by Gasteiger charge is -2.24. The maximum Gasteiger partial charge on any atom is 0.472 e. The molecule has 0 amide bonds. The van der Waals surface area contributed by atoms with Crippen LogP contribution < -0.4 is 0 Å². The van der Waals surface area contributed by atoms with E-state index in [-0.39, 0.29) is 32.0 Å². The van der Waals surface area contributed by atoms with Crippen LogP contribution in [0.5, 0.6) is 0 Å². The first-order chi connectivity index (χ1) is 23.5. The summed E-state index contributed by atoms with van der Waals surface area (Å²) >= 11 is 0. The number of esters is 2. The Balaban J connectivity index is 4.57. The van der Waals surface area contributed by atoms with Crippen molar-refractivity contribution in [2.24, 2.45) is 0 Å². The van der Waals surface area contributed by atoms with Gasteiger partial charge >= 0.3 is 19.8 Å². The van der Waals surface area contributed by atoms with Crippen LogP contribution in [0.4, 0.5) is 0 Å². The number of phosphoric ester groups is 1. The molecule has 2 unspecified atom stereocenters. The Kier molecular flexibility index (Phi) is 30.6. The summed E-state index contributed by atoms with van der Waals surface area (Å²) < 4.78 is 34.0. The number of hydrogen-bond donors (Lipinski definition) is 1. The van der Waals surface area contributed by atoms with Crippen LogP contribution in [-0.2, 0) is 32.7 Å². The predicted molar refractivity (Wildman–Crippen MR) is 201 cm³/mol. The van der Waals surface area contributed by atoms with Gasteiger partial charge in [0.15, 0.2) is 6.10 Å². The molecule has 0 aliphatic carbocycles. The standard InChI is InChI=1S/C39H70NO8P/c1-6-8-10-12-14-16-18-20-22-24-26-28-30-32-39(42)48-37(36-47-49(43,44)46-34-33-40(3,4)5)35-45-38(41)31-29-27-25-23-21-19-17-15-13-11-9-7-2/h8,10,14,16,20,22,26,28,37H,6-7,9,11-13,15,17-19,21,23-25,27,29-36H2,1-5H3/p+1/b10-8-,16-14-,22-20-,28-26-. The Morgan fingerprint density at radius 1 is 0.653 bits per heavy atom. The van der Waals surface area contributed by atoms with Crippen LogP contribution in [-0.4, -0.2) is 74.9 Å². The SMILES string of the molecule is CC/C=C\C/C=C\C/C=C\C/C=C\CCC(=O)OC(COC(=O)CCCCCCCCCCCCCC)COP(=O)(O)OCC[N+](C)(C)C. The summed E-state index contributed by atoms with van der Waals surface area (Å²) in [5.74, 6) is -0.897. The van der Waals surface area contributed by atoms with Gasteiger partial charge in [0.25, 0.3) is 0 Å². The number of unbranched alkanes of at least 4 members (excludes halogenated alkanes) is 11. The fraction of sp³-hybridized carbons (Fsp3) is 0.744. The smallest absolute Gasteiger partial charge is 0.462 e. The van der Waals surface area contributed by atoms with Crippen LogP contribution in [0.1, 0.15) is 136 Å². The lowest BCUT2D eigenvalue weighted by atomic mass is 10.0. The molecule has 0 aromatic heterocycles. The van der Waals surface area contributed by atoms with Crippen LogP contribution in [0, 0.1) is 0 Å². The Hall–Kier alpha value is -2.03. The van der Waals surface area contributed by atoms with Crippen molar-refractivity contribution in [3.05, 3.63) is 48.6 Å². The molecule has 0 rings (SSSR count). The molecule has 0 saturated carbocycles. The average Bonchev–Trinajstić information content (AvgIpc) is 3.04. The van der Waals surface area contributed by atoms with Gasteiger partial charge in [0.05, 0.1) is 27.7 Å². The average molecular weight is 713 g/mol. The van der Waals surface area contributed by atoms with Crippen molar-refractivity contribution in [2.45, 2.75) is 142 Å². The van der Waals surface area contributed by atoms with Gasteiger partial charge in [-0.3, -0.25) is 18.6 Å². The number of quaternary nitrogens is 1. The summed E-state index contributed by atoms with van der Waals surface area (Å²) in [5.41, 5.74) is 0. The van der Waals surface area contributed by atoms with Crippen molar-refractivity contribution >= 4 is 19.8 Å². The minimum atomic E-state index is -4.38. The molecule has 0 aliphatic rings. The van der Waals surface area contributed by atoms with Gasteiger partial charge in [-0.2, -0.15) is 0 Å². The van der Waals surface area contributed by atoms with Gasteiger partial charge in [0.1, 0.15) is 19.8 Å². The highest BCUT2D eigenvalue weighted by atomic mass is 31.2. The zero-order chi connectivity index (χ0) is 36.5. The highest BCUT2D eigenvalue weighted by molar-refractivity contribution is 7.47. The summed E-state index contributed by atoms with van der Waals surface area (Å²) in [6, 6.07) is 0. The van der Waals surface area contributed by atoms with Gasteiger partial charge in [0, 0.05) is 12.8 Å². The normalized spacial score (nSPS) is 14.3. The monoisotopic (exact) mass is 712 g/mol. The Morgan fingerprint density at radius 3 is 1.69 bits per heavy atom. The summed E-state index contributed by atoms with van der Waals surface area (Å²) in [5, 5.41) is 0. The molecule has 0 aromatic rings. The van der Waals surface area contributed by atoms with Crippen molar-refractivity contribution in [3.63, 3.8) is 0 Å². The molecule has 0 heterocycles. The molecule has 0 bridgehead atoms. The lowest BCUT2D eigenvalue weighted by molar-refractivity contribution is -0.870. The number of nitrogens with zero attached hydrogens (tertiary/aromatic N) is 1. The highest BCUT2D eigenvalue weighted by Crippen LogP contribution is 2.43. The minimum Gasteiger partial charge on any atom is -0.462 e. The zero-order valence-corrected chi connectivity index (χ0v) is 32.6. The molecule has 2 atom stereocenters. The number of rotatable bonds is 33. The van der Waals surface area contributed by atoms with E-state index < -0.39 is 26.5 Å². The number of hydrogen-bond acceptors (Lipinski definition) is 7. The molecule has 284 valence electrons. The highest BCUT2D eigenvalue weighted by Gasteiger charge is 2.27. The van der Waals surface area contributed by atoms with Crippen LogP contribution in [0.2, 0.25) is 0 Å². The van der Waals surface area contributed by atoms with E-state index in [2.05, 4.69) is 50.3 Å². The van der Waals surface area contributed by atoms with Gasteiger partial charge in [-0.25, -0.2) is 4.57 Å². The first-order valence-electron chi connectivity index (χ1n) is 18.9. The molecule has 0 spiro atoms. The van der Waals surface area contributed by atoms with Crippen molar-refractivity contribution in [1.82, 2.24) is 0 Å². The topological polar surface area (TPSA) is 108 Å². The van der Waals surface area contributed by atoms with Gasteiger partial charge in [0.2, 0.25) is 0 Å². The summed E-state index contributed by atoms with van der Waals surface area (Å²) in [6.45, 7) is 4.19. The van der Waals surface area contributed by atoms with E-state index in [1.54, 1.807) is 0 Å². The van der Waals surface area contributed by atoms with E-state index >= 15 is 0 Å². The number of carbonyl (C=O) groups is 2. The Labute approximate surface area is 299 Å². The molecular formula is C39H71NO8P+. The van der Waals surface area contributed by atoms with E-state index in [9.17, 15) is 19.0 Å². The molecule has 0 fully saturated rings. The number of phosphoric acid groups is 1. The van der Waals surface area contributed by atoms with E-state index in [1.165, 1.54) is 57.8 Å². The molecule has 1 N–H and O–H groups in total. The van der Waals surface area contributed by atoms with Crippen LogP contribution in [0.15, 0.2) is 48.6 Å². The summed E-state index contributed by atoms with van der Waals surface area (Å²) in [4.78, 5) is 35.1. The maximum absolute atomic E-state index is 12.6. The van der Waals surface area contributed by atoms with Crippen molar-refractivity contribution in [1.29, 1.82) is 0 Å². The first-order valence-corrected chi connectivity index (χ1v) is 20.4. The van der Waals surface area contributed by atoms with Gasteiger partial charge < -0.3 is 18.9 Å². The molecule has 9 nitrogen and oxygen atoms in total. The van der Waals surface area contributed by atoms with Gasteiger partial charge in [-0.15, -0.1) is 0 Å². The number of likely N-dealkylation sites (N-methyl/N-ethyl adjacent to an activating group) is 1. The number of allylic oxidation sites excluding steroid dienone is 8. The third-order valence-electron chi connectivity index (χ3n) is 7.64. The second-order valence-electron chi connectivity index (χ2n) is 13.6. The first kappa shape index (κ1) is 47.0. The Morgan fingerprint density at radius 2 is 1.16 bits per heavy atom. The molecule has 0 aromatic carbocycles. The van der Waals surface area contributed by atoms with E-state index in [0.29, 0.717) is 17.4 Å². The molecule has 0 saturated heterocycles. The van der Waals surface area contributed by atoms with E-state index in [4.69, 9.17) is 18.5 Å². The molecule has 0 radical (unpaired) electrons. The van der Waals surface area contributed by atoms with E-state index in [1.807, 2.05) is 33.3 Å². The Bertz CT molecular complexity index is 986. The molecular weight excluding hydrogens is 641 g/mol. The third-order valence-corrected chi connectivity index (χ3v) is 8.62.